The highest BCUT2D eigenvalue weighted by Gasteiger charge is 2.15. The maximum atomic E-state index is 13.3. The van der Waals surface area contributed by atoms with Crippen LogP contribution >= 0.6 is 12.2 Å². The van der Waals surface area contributed by atoms with Gasteiger partial charge in [0.25, 0.3) is 5.91 Å². The van der Waals surface area contributed by atoms with Crippen molar-refractivity contribution in [1.29, 1.82) is 0 Å². The number of imidazole rings is 2. The van der Waals surface area contributed by atoms with Gasteiger partial charge in [0.05, 0.1) is 5.69 Å². The van der Waals surface area contributed by atoms with E-state index in [1.165, 1.54) is 18.3 Å². The Hall–Kier alpha value is -4.04. The molecule has 0 aliphatic heterocycles. The van der Waals surface area contributed by atoms with Crippen LogP contribution in [0.2, 0.25) is 0 Å². The maximum absolute atomic E-state index is 13.3. The number of fused-ring (bicyclic) bond motifs is 1. The second kappa shape index (κ2) is 7.66. The monoisotopic (exact) mass is 429 g/mol. The van der Waals surface area contributed by atoms with Gasteiger partial charge >= 0.3 is 0 Å². The molecule has 1 amide bonds. The van der Waals surface area contributed by atoms with Gasteiger partial charge in [-0.3, -0.25) is 9.36 Å². The molecule has 2 aromatic carbocycles. The molecule has 152 valence electrons. The first kappa shape index (κ1) is 19.0. The Balaban J connectivity index is 1.39. The molecule has 0 radical (unpaired) electrons. The van der Waals surface area contributed by atoms with E-state index in [0.29, 0.717) is 21.8 Å². The van der Waals surface area contributed by atoms with Gasteiger partial charge in [-0.2, -0.15) is 0 Å². The fourth-order valence-corrected chi connectivity index (χ4v) is 3.64. The quantitative estimate of drug-likeness (QED) is 0.384. The third-order valence-corrected chi connectivity index (χ3v) is 5.20. The standard InChI is InChI=1S/C23H16FN5OS/c24-16-6-10-18(11-7-16)29-20(13-25-23(29)31)22(30)26-17-8-4-15(5-9-17)19-14-28-12-2-1-3-21(28)27-19/h1-14H,(H,25,31)(H,26,30). The number of carbonyl (C=O) groups is 1. The van der Waals surface area contributed by atoms with Gasteiger partial charge in [0.15, 0.2) is 4.77 Å². The molecule has 5 rings (SSSR count). The smallest absolute Gasteiger partial charge is 0.274 e. The molecule has 2 N–H and O–H groups in total. The molecule has 0 unspecified atom stereocenters. The summed E-state index contributed by atoms with van der Waals surface area (Å²) in [5, 5.41) is 2.87. The summed E-state index contributed by atoms with van der Waals surface area (Å²) in [4.78, 5) is 20.4. The fraction of sp³-hybridized carbons (Fsp3) is 0. The molecule has 0 saturated heterocycles. The lowest BCUT2D eigenvalue weighted by atomic mass is 10.1. The van der Waals surface area contributed by atoms with Crippen LogP contribution in [0.3, 0.4) is 0 Å². The van der Waals surface area contributed by atoms with E-state index in [2.05, 4.69) is 15.3 Å². The number of carbonyl (C=O) groups excluding carboxylic acids is 1. The normalized spacial score (nSPS) is 11.0. The number of halogens is 1. The summed E-state index contributed by atoms with van der Waals surface area (Å²) in [5.41, 5.74) is 4.21. The molecule has 31 heavy (non-hydrogen) atoms. The van der Waals surface area contributed by atoms with Gasteiger partial charge in [-0.25, -0.2) is 9.37 Å². The molecule has 8 heteroatoms. The number of pyridine rings is 1. The van der Waals surface area contributed by atoms with Crippen LogP contribution in [-0.4, -0.2) is 24.8 Å². The molecule has 3 aromatic heterocycles. The fourth-order valence-electron chi connectivity index (χ4n) is 3.38. The van der Waals surface area contributed by atoms with Crippen molar-refractivity contribution in [3.8, 4) is 16.9 Å². The molecule has 0 saturated carbocycles. The van der Waals surface area contributed by atoms with Gasteiger partial charge in [-0.05, 0) is 60.7 Å². The number of amides is 1. The average molecular weight is 429 g/mol. The summed E-state index contributed by atoms with van der Waals surface area (Å²) in [5.74, 6) is -0.695. The number of H-pyrrole nitrogens is 1. The molecule has 0 aliphatic rings. The summed E-state index contributed by atoms with van der Waals surface area (Å²) in [7, 11) is 0. The topological polar surface area (TPSA) is 67.1 Å². The van der Waals surface area contributed by atoms with Crippen LogP contribution < -0.4 is 5.32 Å². The summed E-state index contributed by atoms with van der Waals surface area (Å²) in [6.07, 6.45) is 5.44. The Kier molecular flexibility index (Phi) is 4.68. The van der Waals surface area contributed by atoms with Crippen LogP contribution in [0, 0.1) is 10.6 Å². The number of anilines is 1. The van der Waals surface area contributed by atoms with E-state index >= 15 is 0 Å². The first-order valence-electron chi connectivity index (χ1n) is 9.50. The van der Waals surface area contributed by atoms with E-state index < -0.39 is 0 Å². The summed E-state index contributed by atoms with van der Waals surface area (Å²) in [6, 6.07) is 19.1. The van der Waals surface area contributed by atoms with Gasteiger partial charge in [0.2, 0.25) is 0 Å². The summed E-state index contributed by atoms with van der Waals surface area (Å²) < 4.78 is 17.1. The molecule has 3 heterocycles. The molecule has 6 nitrogen and oxygen atoms in total. The van der Waals surface area contributed by atoms with Gasteiger partial charge in [0, 0.05) is 35.5 Å². The van der Waals surface area contributed by atoms with Crippen LogP contribution in [-0.2, 0) is 0 Å². The number of benzene rings is 2. The molecular weight excluding hydrogens is 413 g/mol. The Bertz CT molecular complexity index is 1420. The van der Waals surface area contributed by atoms with Crippen molar-refractivity contribution >= 4 is 29.5 Å². The predicted molar refractivity (Wildman–Crippen MR) is 119 cm³/mol. The van der Waals surface area contributed by atoms with Crippen molar-refractivity contribution in [3.05, 3.63) is 102 Å². The van der Waals surface area contributed by atoms with E-state index in [1.54, 1.807) is 16.7 Å². The molecule has 0 spiro atoms. The molecule has 0 aliphatic carbocycles. The van der Waals surface area contributed by atoms with Gasteiger partial charge in [0.1, 0.15) is 17.2 Å². The lowest BCUT2D eigenvalue weighted by Gasteiger charge is -2.09. The van der Waals surface area contributed by atoms with Gasteiger partial charge < -0.3 is 14.7 Å². The Morgan fingerprint density at radius 2 is 1.81 bits per heavy atom. The number of hydrogen-bond acceptors (Lipinski definition) is 3. The van der Waals surface area contributed by atoms with Crippen LogP contribution in [0.25, 0.3) is 22.6 Å². The Morgan fingerprint density at radius 3 is 2.55 bits per heavy atom. The lowest BCUT2D eigenvalue weighted by molar-refractivity contribution is 0.102. The van der Waals surface area contributed by atoms with Crippen molar-refractivity contribution in [2.75, 3.05) is 5.32 Å². The van der Waals surface area contributed by atoms with Crippen molar-refractivity contribution in [1.82, 2.24) is 18.9 Å². The van der Waals surface area contributed by atoms with Crippen molar-refractivity contribution in [3.63, 3.8) is 0 Å². The van der Waals surface area contributed by atoms with E-state index in [9.17, 15) is 9.18 Å². The first-order chi connectivity index (χ1) is 15.1. The third kappa shape index (κ3) is 3.64. The Morgan fingerprint density at radius 1 is 1.03 bits per heavy atom. The molecule has 0 fully saturated rings. The van der Waals surface area contributed by atoms with Crippen LogP contribution in [0.4, 0.5) is 10.1 Å². The zero-order valence-corrected chi connectivity index (χ0v) is 16.9. The van der Waals surface area contributed by atoms with Gasteiger partial charge in [-0.15, -0.1) is 0 Å². The van der Waals surface area contributed by atoms with Crippen molar-refractivity contribution in [2.45, 2.75) is 0 Å². The zero-order valence-electron chi connectivity index (χ0n) is 16.1. The van der Waals surface area contributed by atoms with Crippen LogP contribution in [0.1, 0.15) is 10.5 Å². The summed E-state index contributed by atoms with van der Waals surface area (Å²) in [6.45, 7) is 0. The third-order valence-electron chi connectivity index (χ3n) is 4.90. The van der Waals surface area contributed by atoms with Crippen molar-refractivity contribution in [2.24, 2.45) is 0 Å². The second-order valence-electron chi connectivity index (χ2n) is 6.91. The Labute approximate surface area is 181 Å². The van der Waals surface area contributed by atoms with E-state index in [1.807, 2.05) is 59.3 Å². The lowest BCUT2D eigenvalue weighted by Crippen LogP contribution is -2.16. The minimum atomic E-state index is -0.359. The molecule has 5 aromatic rings. The van der Waals surface area contributed by atoms with Crippen LogP contribution in [0.5, 0.6) is 0 Å². The number of nitrogens with zero attached hydrogens (tertiary/aromatic N) is 3. The van der Waals surface area contributed by atoms with E-state index in [-0.39, 0.29) is 11.7 Å². The van der Waals surface area contributed by atoms with Crippen LogP contribution in [0.15, 0.2) is 85.3 Å². The molecule has 0 bridgehead atoms. The average Bonchev–Trinajstić information content (AvgIpc) is 3.38. The molecule has 0 atom stereocenters. The number of aromatic nitrogens is 4. The number of aromatic amines is 1. The SMILES string of the molecule is O=C(Nc1ccc(-c2cn3ccccc3n2)cc1)c1c[nH]c(=S)n1-c1ccc(F)cc1. The number of rotatable bonds is 4. The van der Waals surface area contributed by atoms with Gasteiger partial charge in [-0.1, -0.05) is 18.2 Å². The minimum Gasteiger partial charge on any atom is -0.336 e. The highest BCUT2D eigenvalue weighted by molar-refractivity contribution is 7.71. The summed E-state index contributed by atoms with van der Waals surface area (Å²) >= 11 is 5.29. The number of hydrogen-bond donors (Lipinski definition) is 2. The first-order valence-corrected chi connectivity index (χ1v) is 9.91. The van der Waals surface area contributed by atoms with E-state index in [4.69, 9.17) is 12.2 Å². The predicted octanol–water partition coefficient (Wildman–Crippen LogP) is 5.24. The highest BCUT2D eigenvalue weighted by Crippen LogP contribution is 2.22. The highest BCUT2D eigenvalue weighted by atomic mass is 32.1. The largest absolute Gasteiger partial charge is 0.336 e. The van der Waals surface area contributed by atoms with Crippen molar-refractivity contribution < 1.29 is 9.18 Å². The minimum absolute atomic E-state index is 0.320. The second-order valence-corrected chi connectivity index (χ2v) is 7.30. The molecular formula is C23H16FN5OS. The maximum Gasteiger partial charge on any atom is 0.274 e. The zero-order chi connectivity index (χ0) is 21.4. The number of nitrogens with one attached hydrogen (secondary N) is 2. The van der Waals surface area contributed by atoms with E-state index in [0.717, 1.165) is 16.9 Å².